The number of hydrogen-bond donors (Lipinski definition) is 1. The van der Waals surface area contributed by atoms with Gasteiger partial charge in [-0.05, 0) is 47.1 Å². The van der Waals surface area contributed by atoms with E-state index in [9.17, 15) is 9.59 Å². The van der Waals surface area contributed by atoms with E-state index in [-0.39, 0.29) is 11.5 Å². The number of fused-ring (bicyclic) bond motifs is 1. The predicted octanol–water partition coefficient (Wildman–Crippen LogP) is 2.75. The van der Waals surface area contributed by atoms with Crippen LogP contribution in [-0.4, -0.2) is 20.9 Å². The summed E-state index contributed by atoms with van der Waals surface area (Å²) in [6.45, 7) is 1.61. The molecule has 0 aliphatic heterocycles. The van der Waals surface area contributed by atoms with Gasteiger partial charge in [0, 0.05) is 4.47 Å². The molecule has 0 spiro atoms. The molecule has 0 saturated heterocycles. The first kappa shape index (κ1) is 15.4. The Labute approximate surface area is 140 Å². The van der Waals surface area contributed by atoms with Crippen molar-refractivity contribution in [2.75, 3.05) is 5.32 Å². The number of rotatable bonds is 3. The van der Waals surface area contributed by atoms with Crippen LogP contribution >= 0.6 is 15.9 Å². The molecule has 2 aromatic carbocycles. The maximum absolute atomic E-state index is 12.5. The minimum atomic E-state index is -0.785. The van der Waals surface area contributed by atoms with Gasteiger partial charge >= 0.3 is 0 Å². The third-order valence-electron chi connectivity index (χ3n) is 3.47. The Balaban J connectivity index is 1.92. The molecule has 116 valence electrons. The summed E-state index contributed by atoms with van der Waals surface area (Å²) in [4.78, 5) is 24.9. The van der Waals surface area contributed by atoms with E-state index in [2.05, 4.69) is 31.6 Å². The number of halogens is 1. The molecule has 1 amide bonds. The summed E-state index contributed by atoms with van der Waals surface area (Å²) in [6, 6.07) is 13.4. The Kier molecular flexibility index (Phi) is 4.20. The molecule has 3 aromatic rings. The Morgan fingerprint density at radius 3 is 2.65 bits per heavy atom. The summed E-state index contributed by atoms with van der Waals surface area (Å²) in [6.07, 6.45) is 0. The summed E-state index contributed by atoms with van der Waals surface area (Å²) in [5, 5.41) is 11.1. The standard InChI is InChI=1S/C16H13BrN4O2/c1-10(15(22)18-14-9-5-3-7-12(14)17)21-16(23)11-6-2-4-8-13(11)19-20-21/h2-10H,1H3,(H,18,22)/t10-/m0/s1. The molecule has 0 aliphatic rings. The molecular weight excluding hydrogens is 360 g/mol. The monoisotopic (exact) mass is 372 g/mol. The lowest BCUT2D eigenvalue weighted by atomic mass is 10.2. The molecular formula is C16H13BrN4O2. The highest BCUT2D eigenvalue weighted by atomic mass is 79.9. The van der Waals surface area contributed by atoms with E-state index < -0.39 is 6.04 Å². The van der Waals surface area contributed by atoms with Crippen molar-refractivity contribution in [2.24, 2.45) is 0 Å². The van der Waals surface area contributed by atoms with Crippen molar-refractivity contribution in [2.45, 2.75) is 13.0 Å². The molecule has 3 rings (SSSR count). The smallest absolute Gasteiger partial charge is 0.278 e. The molecule has 1 atom stereocenters. The van der Waals surface area contributed by atoms with Gasteiger partial charge in [0.2, 0.25) is 5.91 Å². The number of anilines is 1. The highest BCUT2D eigenvalue weighted by Gasteiger charge is 2.19. The maximum Gasteiger partial charge on any atom is 0.278 e. The third-order valence-corrected chi connectivity index (χ3v) is 4.16. The minimum absolute atomic E-state index is 0.342. The van der Waals surface area contributed by atoms with Crippen molar-refractivity contribution in [3.05, 3.63) is 63.4 Å². The maximum atomic E-state index is 12.5. The fraction of sp³-hybridized carbons (Fsp3) is 0.125. The second-order valence-corrected chi connectivity index (χ2v) is 5.86. The Bertz CT molecular complexity index is 939. The van der Waals surface area contributed by atoms with Crippen molar-refractivity contribution in [1.29, 1.82) is 0 Å². The highest BCUT2D eigenvalue weighted by Crippen LogP contribution is 2.22. The van der Waals surface area contributed by atoms with Crippen molar-refractivity contribution >= 4 is 38.4 Å². The number of para-hydroxylation sites is 1. The molecule has 0 fully saturated rings. The number of nitrogens with zero attached hydrogens (tertiary/aromatic N) is 3. The van der Waals surface area contributed by atoms with Crippen LogP contribution in [0, 0.1) is 0 Å². The number of aromatic nitrogens is 3. The van der Waals surface area contributed by atoms with E-state index >= 15 is 0 Å². The predicted molar refractivity (Wildman–Crippen MR) is 91.3 cm³/mol. The fourth-order valence-electron chi connectivity index (χ4n) is 2.17. The van der Waals surface area contributed by atoms with Crippen LogP contribution in [-0.2, 0) is 4.79 Å². The van der Waals surface area contributed by atoms with E-state index in [1.165, 1.54) is 0 Å². The molecule has 1 heterocycles. The third kappa shape index (κ3) is 3.00. The van der Waals surface area contributed by atoms with Gasteiger partial charge in [0.05, 0.1) is 11.1 Å². The molecule has 0 bridgehead atoms. The largest absolute Gasteiger partial charge is 0.323 e. The van der Waals surface area contributed by atoms with Crippen molar-refractivity contribution in [3.63, 3.8) is 0 Å². The van der Waals surface area contributed by atoms with E-state index in [1.807, 2.05) is 18.2 Å². The minimum Gasteiger partial charge on any atom is -0.323 e. The van der Waals surface area contributed by atoms with Crippen LogP contribution in [0.5, 0.6) is 0 Å². The molecule has 0 saturated carbocycles. The van der Waals surface area contributed by atoms with Crippen LogP contribution in [0.1, 0.15) is 13.0 Å². The van der Waals surface area contributed by atoms with Crippen LogP contribution in [0.4, 0.5) is 5.69 Å². The summed E-state index contributed by atoms with van der Waals surface area (Å²) >= 11 is 3.37. The lowest BCUT2D eigenvalue weighted by molar-refractivity contribution is -0.119. The summed E-state index contributed by atoms with van der Waals surface area (Å²) < 4.78 is 1.85. The molecule has 6 nitrogen and oxygen atoms in total. The van der Waals surface area contributed by atoms with Gasteiger partial charge in [-0.15, -0.1) is 5.10 Å². The first-order valence-electron chi connectivity index (χ1n) is 6.97. The SMILES string of the molecule is C[C@@H](C(=O)Nc1ccccc1Br)n1nnc2ccccc2c1=O. The molecule has 1 aromatic heterocycles. The molecule has 7 heteroatoms. The zero-order chi connectivity index (χ0) is 16.4. The number of carbonyl (C=O) groups excluding carboxylic acids is 1. The van der Waals surface area contributed by atoms with Crippen molar-refractivity contribution < 1.29 is 4.79 Å². The van der Waals surface area contributed by atoms with Gasteiger partial charge in [0.15, 0.2) is 0 Å². The first-order valence-corrected chi connectivity index (χ1v) is 7.77. The normalized spacial score (nSPS) is 12.1. The number of carbonyl (C=O) groups is 1. The molecule has 0 aliphatic carbocycles. The van der Waals surface area contributed by atoms with Crippen LogP contribution in [0.3, 0.4) is 0 Å². The zero-order valence-electron chi connectivity index (χ0n) is 12.2. The van der Waals surface area contributed by atoms with Crippen molar-refractivity contribution in [1.82, 2.24) is 15.0 Å². The van der Waals surface area contributed by atoms with Gasteiger partial charge in [0.25, 0.3) is 5.56 Å². The van der Waals surface area contributed by atoms with Gasteiger partial charge in [0.1, 0.15) is 11.6 Å². The molecule has 23 heavy (non-hydrogen) atoms. The quantitative estimate of drug-likeness (QED) is 0.766. The average Bonchev–Trinajstić information content (AvgIpc) is 2.57. The number of amides is 1. The van der Waals surface area contributed by atoms with Crippen molar-refractivity contribution in [3.8, 4) is 0 Å². The second kappa shape index (κ2) is 6.29. The average molecular weight is 373 g/mol. The van der Waals surface area contributed by atoms with Gasteiger partial charge in [-0.25, -0.2) is 0 Å². The Morgan fingerprint density at radius 1 is 1.17 bits per heavy atom. The van der Waals surface area contributed by atoms with Crippen LogP contribution in [0.15, 0.2) is 57.8 Å². The van der Waals surface area contributed by atoms with Crippen LogP contribution in [0.25, 0.3) is 10.9 Å². The van der Waals surface area contributed by atoms with Crippen LogP contribution < -0.4 is 10.9 Å². The lowest BCUT2D eigenvalue weighted by Crippen LogP contribution is -2.34. The first-order chi connectivity index (χ1) is 11.1. The fourth-order valence-corrected chi connectivity index (χ4v) is 2.55. The summed E-state index contributed by atoms with van der Waals surface area (Å²) in [5.41, 5.74) is 0.795. The summed E-state index contributed by atoms with van der Waals surface area (Å²) in [7, 11) is 0. The molecule has 1 N–H and O–H groups in total. The van der Waals surface area contributed by atoms with Crippen LogP contribution in [0.2, 0.25) is 0 Å². The Morgan fingerprint density at radius 2 is 1.87 bits per heavy atom. The number of hydrogen-bond acceptors (Lipinski definition) is 4. The molecule has 0 radical (unpaired) electrons. The van der Waals surface area contributed by atoms with E-state index in [0.29, 0.717) is 16.6 Å². The Hall–Kier alpha value is -2.54. The lowest BCUT2D eigenvalue weighted by Gasteiger charge is -2.14. The number of benzene rings is 2. The van der Waals surface area contributed by atoms with E-state index in [0.717, 1.165) is 9.15 Å². The topological polar surface area (TPSA) is 76.9 Å². The van der Waals surface area contributed by atoms with E-state index in [1.54, 1.807) is 37.3 Å². The van der Waals surface area contributed by atoms with Gasteiger partial charge in [-0.1, -0.05) is 29.5 Å². The number of nitrogens with one attached hydrogen (secondary N) is 1. The van der Waals surface area contributed by atoms with Gasteiger partial charge in [-0.2, -0.15) is 4.68 Å². The molecule has 0 unspecified atom stereocenters. The van der Waals surface area contributed by atoms with E-state index in [4.69, 9.17) is 0 Å². The van der Waals surface area contributed by atoms with Gasteiger partial charge in [-0.3, -0.25) is 9.59 Å². The summed E-state index contributed by atoms with van der Waals surface area (Å²) in [5.74, 6) is -0.344. The second-order valence-electron chi connectivity index (χ2n) is 5.00. The zero-order valence-corrected chi connectivity index (χ0v) is 13.8. The van der Waals surface area contributed by atoms with Gasteiger partial charge < -0.3 is 5.32 Å². The highest BCUT2D eigenvalue weighted by molar-refractivity contribution is 9.10.